The molecule has 0 unspecified atom stereocenters. The molecule has 288 valence electrons. The van der Waals surface area contributed by atoms with Crippen LogP contribution >= 0.6 is 0 Å². The Morgan fingerprint density at radius 2 is 0.967 bits per heavy atom. The minimum Gasteiger partial charge on any atom is -0.310 e. The number of benzene rings is 9. The van der Waals surface area contributed by atoms with Crippen LogP contribution in [0.4, 0.5) is 17.1 Å². The predicted octanol–water partition coefficient (Wildman–Crippen LogP) is 16.5. The highest BCUT2D eigenvalue weighted by atomic mass is 15.1. The first kappa shape index (κ1) is 36.0. The summed E-state index contributed by atoms with van der Waals surface area (Å²) in [6.45, 7) is 0. The molecule has 1 heterocycles. The maximum atomic E-state index is 2.45. The Balaban J connectivity index is 1.04. The minimum atomic E-state index is 0.596. The Kier molecular flexibility index (Phi) is 9.32. The van der Waals surface area contributed by atoms with Crippen LogP contribution in [0.5, 0.6) is 0 Å². The van der Waals surface area contributed by atoms with Gasteiger partial charge in [0.05, 0.1) is 16.7 Å². The molecule has 11 rings (SSSR count). The number of rotatable bonds is 8. The Hall–Kier alpha value is -7.16. The number of hydrogen-bond donors (Lipinski definition) is 0. The van der Waals surface area contributed by atoms with Crippen molar-refractivity contribution in [2.45, 2.75) is 38.0 Å². The third-order valence-corrected chi connectivity index (χ3v) is 12.8. The van der Waals surface area contributed by atoms with Crippen LogP contribution in [0.15, 0.2) is 212 Å². The molecule has 2 nitrogen and oxygen atoms in total. The van der Waals surface area contributed by atoms with E-state index in [9.17, 15) is 0 Å². The van der Waals surface area contributed by atoms with E-state index < -0.39 is 0 Å². The second-order valence-electron chi connectivity index (χ2n) is 16.3. The molecule has 0 radical (unpaired) electrons. The van der Waals surface area contributed by atoms with E-state index in [4.69, 9.17) is 0 Å². The Morgan fingerprint density at radius 3 is 1.72 bits per heavy atom. The lowest BCUT2D eigenvalue weighted by atomic mass is 9.80. The van der Waals surface area contributed by atoms with Gasteiger partial charge in [0.15, 0.2) is 0 Å². The molecule has 1 saturated carbocycles. The molecule has 0 saturated heterocycles. The van der Waals surface area contributed by atoms with E-state index in [1.54, 1.807) is 0 Å². The quantitative estimate of drug-likeness (QED) is 0.149. The van der Waals surface area contributed by atoms with Crippen LogP contribution in [-0.2, 0) is 0 Å². The van der Waals surface area contributed by atoms with Crippen LogP contribution in [0.3, 0.4) is 0 Å². The van der Waals surface area contributed by atoms with Gasteiger partial charge >= 0.3 is 0 Å². The van der Waals surface area contributed by atoms with E-state index in [1.165, 1.54) is 115 Å². The molecule has 0 amide bonds. The average molecular weight is 771 g/mol. The fourth-order valence-corrected chi connectivity index (χ4v) is 9.92. The molecule has 2 heteroatoms. The monoisotopic (exact) mass is 770 g/mol. The molecular formula is C58H46N2. The first-order valence-electron chi connectivity index (χ1n) is 21.5. The fraction of sp³-hybridized carbons (Fsp3) is 0.103. The molecule has 0 N–H and O–H groups in total. The maximum absolute atomic E-state index is 2.45. The van der Waals surface area contributed by atoms with E-state index in [1.807, 2.05) is 0 Å². The smallest absolute Gasteiger partial charge is 0.0541 e. The SMILES string of the molecule is c1ccc(-c2ccc(N(c3ccc(-c4ccc5c(c4)c4ccccc4n5-c4ccccc4)cc3)c3ccccc3-c3cccc4cccc(C5CCCCC5)c34)cc2)cc1. The summed E-state index contributed by atoms with van der Waals surface area (Å²) >= 11 is 0. The van der Waals surface area contributed by atoms with E-state index in [0.29, 0.717) is 5.92 Å². The summed E-state index contributed by atoms with van der Waals surface area (Å²) < 4.78 is 2.38. The van der Waals surface area contributed by atoms with Crippen molar-refractivity contribution in [3.63, 3.8) is 0 Å². The van der Waals surface area contributed by atoms with Gasteiger partial charge in [0.25, 0.3) is 0 Å². The topological polar surface area (TPSA) is 8.17 Å². The second-order valence-corrected chi connectivity index (χ2v) is 16.3. The van der Waals surface area contributed by atoms with Crippen molar-refractivity contribution in [1.82, 2.24) is 4.57 Å². The number of anilines is 3. The van der Waals surface area contributed by atoms with Gasteiger partial charge in [0, 0.05) is 33.4 Å². The van der Waals surface area contributed by atoms with Crippen LogP contribution in [-0.4, -0.2) is 4.57 Å². The minimum absolute atomic E-state index is 0.596. The molecule has 10 aromatic rings. The van der Waals surface area contributed by atoms with E-state index in [0.717, 1.165) is 11.4 Å². The van der Waals surface area contributed by atoms with Crippen molar-refractivity contribution >= 4 is 49.6 Å². The molecular weight excluding hydrogens is 725 g/mol. The summed E-state index contributed by atoms with van der Waals surface area (Å²) in [5.74, 6) is 0.596. The highest BCUT2D eigenvalue weighted by Crippen LogP contribution is 2.46. The highest BCUT2D eigenvalue weighted by Gasteiger charge is 2.23. The van der Waals surface area contributed by atoms with Crippen LogP contribution in [0.2, 0.25) is 0 Å². The molecule has 0 spiro atoms. The number of hydrogen-bond acceptors (Lipinski definition) is 1. The van der Waals surface area contributed by atoms with Gasteiger partial charge in [0.2, 0.25) is 0 Å². The second kappa shape index (κ2) is 15.5. The molecule has 1 aliphatic carbocycles. The Morgan fingerprint density at radius 1 is 0.400 bits per heavy atom. The largest absolute Gasteiger partial charge is 0.310 e. The maximum Gasteiger partial charge on any atom is 0.0541 e. The molecule has 60 heavy (non-hydrogen) atoms. The van der Waals surface area contributed by atoms with E-state index in [2.05, 4.69) is 222 Å². The van der Waals surface area contributed by atoms with Crippen molar-refractivity contribution in [2.24, 2.45) is 0 Å². The van der Waals surface area contributed by atoms with Gasteiger partial charge in [-0.05, 0) is 124 Å². The van der Waals surface area contributed by atoms with Gasteiger partial charge in [-0.3, -0.25) is 0 Å². The lowest BCUT2D eigenvalue weighted by Crippen LogP contribution is -2.11. The normalized spacial score (nSPS) is 13.3. The van der Waals surface area contributed by atoms with Crippen molar-refractivity contribution in [3.8, 4) is 39.1 Å². The number of fused-ring (bicyclic) bond motifs is 4. The third-order valence-electron chi connectivity index (χ3n) is 12.8. The van der Waals surface area contributed by atoms with Crippen molar-refractivity contribution in [2.75, 3.05) is 4.90 Å². The van der Waals surface area contributed by atoms with Gasteiger partial charge in [-0.2, -0.15) is 0 Å². The number of para-hydroxylation sites is 3. The zero-order valence-electron chi connectivity index (χ0n) is 33.7. The zero-order valence-corrected chi connectivity index (χ0v) is 33.7. The summed E-state index contributed by atoms with van der Waals surface area (Å²) in [7, 11) is 0. The van der Waals surface area contributed by atoms with Crippen molar-refractivity contribution < 1.29 is 0 Å². The Labute approximate surface area is 352 Å². The molecule has 1 aliphatic rings. The summed E-state index contributed by atoms with van der Waals surface area (Å²) in [6.07, 6.45) is 6.51. The van der Waals surface area contributed by atoms with Gasteiger partial charge in [0.1, 0.15) is 0 Å². The zero-order chi connectivity index (χ0) is 39.8. The summed E-state index contributed by atoms with van der Waals surface area (Å²) in [4.78, 5) is 2.45. The molecule has 9 aromatic carbocycles. The van der Waals surface area contributed by atoms with E-state index in [-0.39, 0.29) is 0 Å². The first-order chi connectivity index (χ1) is 29.8. The molecule has 0 bridgehead atoms. The predicted molar refractivity (Wildman–Crippen MR) is 255 cm³/mol. The van der Waals surface area contributed by atoms with Crippen LogP contribution in [0.25, 0.3) is 71.6 Å². The summed E-state index contributed by atoms with van der Waals surface area (Å²) in [5, 5.41) is 5.24. The first-order valence-corrected chi connectivity index (χ1v) is 21.5. The van der Waals surface area contributed by atoms with Gasteiger partial charge in [-0.15, -0.1) is 0 Å². The van der Waals surface area contributed by atoms with Crippen LogP contribution < -0.4 is 4.90 Å². The van der Waals surface area contributed by atoms with Gasteiger partial charge < -0.3 is 9.47 Å². The van der Waals surface area contributed by atoms with E-state index >= 15 is 0 Å². The highest BCUT2D eigenvalue weighted by molar-refractivity contribution is 6.10. The molecule has 1 aromatic heterocycles. The summed E-state index contributed by atoms with van der Waals surface area (Å²) in [6, 6.07) is 78.1. The fourth-order valence-electron chi connectivity index (χ4n) is 9.92. The third kappa shape index (κ3) is 6.46. The number of aromatic nitrogens is 1. The summed E-state index contributed by atoms with van der Waals surface area (Å²) in [5.41, 5.74) is 15.9. The molecule has 0 aliphatic heterocycles. The van der Waals surface area contributed by atoms with Crippen LogP contribution in [0.1, 0.15) is 43.6 Å². The van der Waals surface area contributed by atoms with Crippen LogP contribution in [0, 0.1) is 0 Å². The average Bonchev–Trinajstić information content (AvgIpc) is 3.66. The molecule has 0 atom stereocenters. The lowest BCUT2D eigenvalue weighted by molar-refractivity contribution is 0.445. The number of nitrogens with zero attached hydrogens (tertiary/aromatic N) is 2. The van der Waals surface area contributed by atoms with Gasteiger partial charge in [-0.1, -0.05) is 171 Å². The lowest BCUT2D eigenvalue weighted by Gasteiger charge is -2.29. The molecule has 1 fully saturated rings. The van der Waals surface area contributed by atoms with Crippen molar-refractivity contribution in [1.29, 1.82) is 0 Å². The Bertz CT molecular complexity index is 3090. The van der Waals surface area contributed by atoms with Gasteiger partial charge in [-0.25, -0.2) is 0 Å². The van der Waals surface area contributed by atoms with Crippen molar-refractivity contribution in [3.05, 3.63) is 218 Å². The standard InChI is InChI=1S/C58H46N2/c1-4-16-41(17-5-1)42-30-35-48(36-31-42)59(55-28-12-10-24-51(55)53-27-15-21-45-20-14-26-50(58(45)53)44-18-6-2-7-19-44)49-37-32-43(33-38-49)46-34-39-57-54(40-46)52-25-11-13-29-56(52)60(57)47-22-8-3-9-23-47/h1,3-5,8-17,20-40,44H,2,6-7,18-19H2.